The van der Waals surface area contributed by atoms with Gasteiger partial charge in [-0.15, -0.1) is 0 Å². The lowest BCUT2D eigenvalue weighted by molar-refractivity contribution is 0.300. The number of halogens is 1. The normalized spacial score (nSPS) is 10.4. The lowest BCUT2D eigenvalue weighted by atomic mass is 10.3. The number of benzene rings is 1. The van der Waals surface area contributed by atoms with E-state index in [1.807, 2.05) is 59.8 Å². The number of nitrogens with zero attached hydrogens (tertiary/aromatic N) is 2. The second-order valence-corrected chi connectivity index (χ2v) is 5.29. The standard InChI is InChI=1S/C14H15IN2O2/c1-11-16-10-13(15)14(18)17(11)8-5-9-19-12-6-3-2-4-7-12/h2-4,6-7,10H,5,8-9H2,1H3. The first-order valence-corrected chi connectivity index (χ1v) is 7.16. The molecule has 0 radical (unpaired) electrons. The molecule has 100 valence electrons. The van der Waals surface area contributed by atoms with E-state index in [-0.39, 0.29) is 5.56 Å². The summed E-state index contributed by atoms with van der Waals surface area (Å²) in [5.74, 6) is 1.59. The van der Waals surface area contributed by atoms with Gasteiger partial charge in [-0.25, -0.2) is 4.98 Å². The molecule has 0 saturated carbocycles. The topological polar surface area (TPSA) is 44.1 Å². The molecule has 0 atom stereocenters. The Morgan fingerprint density at radius 3 is 2.79 bits per heavy atom. The summed E-state index contributed by atoms with van der Waals surface area (Å²) in [7, 11) is 0. The third kappa shape index (κ3) is 3.79. The summed E-state index contributed by atoms with van der Waals surface area (Å²) >= 11 is 2.01. The van der Waals surface area contributed by atoms with Crippen LogP contribution in [0.3, 0.4) is 0 Å². The molecule has 0 aliphatic carbocycles. The minimum atomic E-state index is 0.0211. The lowest BCUT2D eigenvalue weighted by Crippen LogP contribution is -2.26. The molecule has 0 aliphatic rings. The molecule has 0 bridgehead atoms. The minimum Gasteiger partial charge on any atom is -0.494 e. The fourth-order valence-corrected chi connectivity index (χ4v) is 2.17. The Morgan fingerprint density at radius 2 is 2.05 bits per heavy atom. The van der Waals surface area contributed by atoms with Crippen molar-refractivity contribution in [1.29, 1.82) is 0 Å². The van der Waals surface area contributed by atoms with Gasteiger partial charge in [-0.1, -0.05) is 18.2 Å². The molecule has 0 saturated heterocycles. The van der Waals surface area contributed by atoms with Gasteiger partial charge in [0.15, 0.2) is 0 Å². The van der Waals surface area contributed by atoms with Gasteiger partial charge in [-0.05, 0) is 48.1 Å². The van der Waals surface area contributed by atoms with Gasteiger partial charge in [0.25, 0.3) is 5.56 Å². The minimum absolute atomic E-state index is 0.0211. The van der Waals surface area contributed by atoms with E-state index in [0.717, 1.165) is 18.0 Å². The monoisotopic (exact) mass is 370 g/mol. The number of hydrogen-bond donors (Lipinski definition) is 0. The third-order valence-corrected chi connectivity index (χ3v) is 3.48. The molecule has 2 aromatic rings. The summed E-state index contributed by atoms with van der Waals surface area (Å²) < 4.78 is 7.94. The van der Waals surface area contributed by atoms with E-state index in [1.54, 1.807) is 10.8 Å². The van der Waals surface area contributed by atoms with E-state index in [4.69, 9.17) is 4.74 Å². The van der Waals surface area contributed by atoms with Crippen molar-refractivity contribution < 1.29 is 4.74 Å². The Hall–Kier alpha value is -1.37. The smallest absolute Gasteiger partial charge is 0.266 e. The maximum atomic E-state index is 11.9. The Bertz CT molecular complexity index is 596. The first kappa shape index (κ1) is 14.0. The third-order valence-electron chi connectivity index (χ3n) is 2.74. The summed E-state index contributed by atoms with van der Waals surface area (Å²) in [5.41, 5.74) is 0.0211. The van der Waals surface area contributed by atoms with Gasteiger partial charge in [-0.3, -0.25) is 9.36 Å². The average molecular weight is 370 g/mol. The summed E-state index contributed by atoms with van der Waals surface area (Å²) in [4.78, 5) is 16.1. The molecule has 0 N–H and O–H groups in total. The van der Waals surface area contributed by atoms with Crippen LogP contribution in [0.15, 0.2) is 41.3 Å². The van der Waals surface area contributed by atoms with E-state index in [9.17, 15) is 4.79 Å². The number of hydrogen-bond acceptors (Lipinski definition) is 3. The maximum Gasteiger partial charge on any atom is 0.266 e. The number of aryl methyl sites for hydroxylation is 1. The summed E-state index contributed by atoms with van der Waals surface area (Å²) in [6, 6.07) is 9.67. The van der Waals surface area contributed by atoms with Crippen molar-refractivity contribution >= 4 is 22.6 Å². The molecular formula is C14H15IN2O2. The van der Waals surface area contributed by atoms with Crippen LogP contribution in [0.5, 0.6) is 5.75 Å². The molecule has 0 amide bonds. The zero-order valence-electron chi connectivity index (χ0n) is 10.7. The Kier molecular flexibility index (Phi) is 4.95. The van der Waals surface area contributed by atoms with E-state index in [0.29, 0.717) is 16.7 Å². The quantitative estimate of drug-likeness (QED) is 0.601. The zero-order valence-corrected chi connectivity index (χ0v) is 12.8. The molecule has 0 fully saturated rings. The first-order chi connectivity index (χ1) is 9.18. The summed E-state index contributed by atoms with van der Waals surface area (Å²) in [6.45, 7) is 3.05. The predicted octanol–water partition coefficient (Wildman–Crippen LogP) is 2.63. The second-order valence-electron chi connectivity index (χ2n) is 4.13. The summed E-state index contributed by atoms with van der Waals surface area (Å²) in [5, 5.41) is 0. The lowest BCUT2D eigenvalue weighted by Gasteiger charge is -2.10. The van der Waals surface area contributed by atoms with Crippen LogP contribution in [0.2, 0.25) is 0 Å². The van der Waals surface area contributed by atoms with Crippen molar-refractivity contribution in [2.75, 3.05) is 6.61 Å². The molecule has 19 heavy (non-hydrogen) atoms. The number of para-hydroxylation sites is 1. The van der Waals surface area contributed by atoms with Crippen LogP contribution in [-0.4, -0.2) is 16.2 Å². The SMILES string of the molecule is Cc1ncc(I)c(=O)n1CCCOc1ccccc1. The number of ether oxygens (including phenoxy) is 1. The van der Waals surface area contributed by atoms with Gasteiger partial charge in [0.1, 0.15) is 11.6 Å². The molecule has 4 nitrogen and oxygen atoms in total. The maximum absolute atomic E-state index is 11.9. The number of aromatic nitrogens is 2. The van der Waals surface area contributed by atoms with Crippen LogP contribution in [0.25, 0.3) is 0 Å². The molecule has 0 spiro atoms. The fourth-order valence-electron chi connectivity index (χ4n) is 1.74. The highest BCUT2D eigenvalue weighted by molar-refractivity contribution is 14.1. The second kappa shape index (κ2) is 6.70. The molecule has 2 rings (SSSR count). The largest absolute Gasteiger partial charge is 0.494 e. The van der Waals surface area contributed by atoms with Crippen molar-refractivity contribution in [1.82, 2.24) is 9.55 Å². The molecule has 1 heterocycles. The zero-order chi connectivity index (χ0) is 13.7. The van der Waals surface area contributed by atoms with Crippen LogP contribution in [0.4, 0.5) is 0 Å². The highest BCUT2D eigenvalue weighted by Crippen LogP contribution is 2.08. The van der Waals surface area contributed by atoms with Gasteiger partial charge in [0.2, 0.25) is 0 Å². The van der Waals surface area contributed by atoms with E-state index < -0.39 is 0 Å². The molecule has 1 aromatic carbocycles. The summed E-state index contributed by atoms with van der Waals surface area (Å²) in [6.07, 6.45) is 2.38. The van der Waals surface area contributed by atoms with E-state index in [2.05, 4.69) is 4.98 Å². The van der Waals surface area contributed by atoms with Gasteiger partial charge in [0.05, 0.1) is 10.2 Å². The highest BCUT2D eigenvalue weighted by Gasteiger charge is 2.04. The van der Waals surface area contributed by atoms with Gasteiger partial charge < -0.3 is 4.74 Å². The molecule has 0 aliphatic heterocycles. The van der Waals surface area contributed by atoms with Crippen LogP contribution in [0, 0.1) is 10.5 Å². The van der Waals surface area contributed by atoms with Gasteiger partial charge in [0, 0.05) is 12.7 Å². The van der Waals surface area contributed by atoms with E-state index in [1.165, 1.54) is 0 Å². The van der Waals surface area contributed by atoms with Crippen LogP contribution >= 0.6 is 22.6 Å². The molecule has 0 unspecified atom stereocenters. The molecule has 1 aromatic heterocycles. The molecule has 5 heteroatoms. The average Bonchev–Trinajstić information content (AvgIpc) is 2.43. The van der Waals surface area contributed by atoms with Crippen molar-refractivity contribution in [3.8, 4) is 5.75 Å². The first-order valence-electron chi connectivity index (χ1n) is 6.08. The predicted molar refractivity (Wildman–Crippen MR) is 82.5 cm³/mol. The fraction of sp³-hybridized carbons (Fsp3) is 0.286. The van der Waals surface area contributed by atoms with Gasteiger partial charge in [-0.2, -0.15) is 0 Å². The van der Waals surface area contributed by atoms with E-state index >= 15 is 0 Å². The Morgan fingerprint density at radius 1 is 1.32 bits per heavy atom. The highest BCUT2D eigenvalue weighted by atomic mass is 127. The Labute approximate surface area is 125 Å². The number of rotatable bonds is 5. The van der Waals surface area contributed by atoms with Crippen molar-refractivity contribution in [3.05, 3.63) is 56.3 Å². The molecular weight excluding hydrogens is 355 g/mol. The van der Waals surface area contributed by atoms with Crippen molar-refractivity contribution in [2.45, 2.75) is 19.9 Å². The van der Waals surface area contributed by atoms with Crippen LogP contribution in [-0.2, 0) is 6.54 Å². The van der Waals surface area contributed by atoms with Crippen molar-refractivity contribution in [2.24, 2.45) is 0 Å². The Balaban J connectivity index is 1.90. The van der Waals surface area contributed by atoms with Crippen LogP contribution in [0.1, 0.15) is 12.2 Å². The van der Waals surface area contributed by atoms with Gasteiger partial charge >= 0.3 is 0 Å². The van der Waals surface area contributed by atoms with Crippen LogP contribution < -0.4 is 10.3 Å². The van der Waals surface area contributed by atoms with Crippen molar-refractivity contribution in [3.63, 3.8) is 0 Å².